The van der Waals surface area contributed by atoms with Crippen LogP contribution >= 0.6 is 0 Å². The summed E-state index contributed by atoms with van der Waals surface area (Å²) in [5.74, 6) is 5.04. The summed E-state index contributed by atoms with van der Waals surface area (Å²) in [5, 5.41) is 2.73. The molecule has 4 aliphatic rings. The maximum absolute atomic E-state index is 12.7. The number of carbonyl (C=O) groups is 1. The summed E-state index contributed by atoms with van der Waals surface area (Å²) in [6.45, 7) is 12.4. The number of carbonyl (C=O) groups excluding carboxylic acids is 1. The van der Waals surface area contributed by atoms with Gasteiger partial charge in [-0.05, 0) is 110 Å². The fourth-order valence-corrected chi connectivity index (χ4v) is 10.3. The molecule has 6 heteroatoms. The summed E-state index contributed by atoms with van der Waals surface area (Å²) in [7, 11) is -4.29. The molecule has 0 aromatic carbocycles. The third kappa shape index (κ3) is 5.70. The van der Waals surface area contributed by atoms with Crippen LogP contribution in [0, 0.1) is 58.2 Å². The number of rotatable bonds is 9. The molecule has 4 rings (SSSR count). The lowest BCUT2D eigenvalue weighted by molar-refractivity contribution is -0.138. The van der Waals surface area contributed by atoms with Crippen LogP contribution in [-0.2, 0) is 14.9 Å². The van der Waals surface area contributed by atoms with Crippen LogP contribution in [-0.4, -0.2) is 31.2 Å². The molecule has 9 atom stereocenters. The average Bonchev–Trinajstić information content (AvgIpc) is 3.14. The molecule has 0 aliphatic heterocycles. The highest BCUT2D eigenvalue weighted by Crippen LogP contribution is 2.68. The topological polar surface area (TPSA) is 86.3 Å². The lowest BCUT2D eigenvalue weighted by Gasteiger charge is -2.61. The molecule has 0 radical (unpaired) electrons. The minimum Gasteiger partial charge on any atom is -0.748 e. The van der Waals surface area contributed by atoms with E-state index in [0.717, 1.165) is 54.8 Å². The van der Waals surface area contributed by atoms with Gasteiger partial charge in [-0.2, -0.15) is 0 Å². The fraction of sp³-hybridized carbons (Fsp3) is 0.967. The van der Waals surface area contributed by atoms with E-state index in [4.69, 9.17) is 0 Å². The highest BCUT2D eigenvalue weighted by atomic mass is 32.2. The molecule has 4 saturated carbocycles. The standard InChI is InChI=1S/C30H53NO4S/c1-20(2)7-6-8-21(3)25-11-12-26-24-10-9-23-19-22(28(32)31-17-18-36(33,34)35)13-15-29(23,4)27(24)14-16-30(25,26)5/h20-27H,6-19H2,1-5H3,(H,31,32)(H,33,34,35)/p-1. The highest BCUT2D eigenvalue weighted by Gasteiger charge is 2.60. The van der Waals surface area contributed by atoms with Gasteiger partial charge in [0.15, 0.2) is 0 Å². The van der Waals surface area contributed by atoms with Gasteiger partial charge in [0.2, 0.25) is 5.91 Å². The van der Waals surface area contributed by atoms with Crippen molar-refractivity contribution >= 4 is 16.0 Å². The summed E-state index contributed by atoms with van der Waals surface area (Å²) in [6.07, 6.45) is 15.2. The van der Waals surface area contributed by atoms with Gasteiger partial charge in [0.05, 0.1) is 15.9 Å². The van der Waals surface area contributed by atoms with Crippen LogP contribution in [0.5, 0.6) is 0 Å². The van der Waals surface area contributed by atoms with Gasteiger partial charge in [-0.3, -0.25) is 4.79 Å². The summed E-state index contributed by atoms with van der Waals surface area (Å²) >= 11 is 0. The predicted octanol–water partition coefficient (Wildman–Crippen LogP) is 6.39. The zero-order chi connectivity index (χ0) is 26.3. The molecule has 0 spiro atoms. The van der Waals surface area contributed by atoms with Gasteiger partial charge in [-0.25, -0.2) is 8.42 Å². The molecule has 0 aromatic heterocycles. The Kier molecular flexibility index (Phi) is 8.57. The third-order valence-electron chi connectivity index (χ3n) is 11.9. The van der Waals surface area contributed by atoms with Gasteiger partial charge >= 0.3 is 0 Å². The van der Waals surface area contributed by atoms with Crippen molar-refractivity contribution in [3.8, 4) is 0 Å². The van der Waals surface area contributed by atoms with E-state index >= 15 is 0 Å². The highest BCUT2D eigenvalue weighted by molar-refractivity contribution is 7.85. The fourth-order valence-electron chi connectivity index (χ4n) is 9.96. The molecule has 36 heavy (non-hydrogen) atoms. The summed E-state index contributed by atoms with van der Waals surface area (Å²) in [4.78, 5) is 12.7. The Hall–Kier alpha value is -0.620. The Balaban J connectivity index is 1.37. The summed E-state index contributed by atoms with van der Waals surface area (Å²) < 4.78 is 32.6. The van der Waals surface area contributed by atoms with Crippen molar-refractivity contribution in [3.05, 3.63) is 0 Å². The Labute approximate surface area is 221 Å². The minimum absolute atomic E-state index is 0.0367. The van der Waals surface area contributed by atoms with Crippen molar-refractivity contribution in [3.63, 3.8) is 0 Å². The van der Waals surface area contributed by atoms with Crippen LogP contribution < -0.4 is 5.32 Å². The van der Waals surface area contributed by atoms with E-state index in [9.17, 15) is 17.8 Å². The first-order chi connectivity index (χ1) is 16.8. The first kappa shape index (κ1) is 28.4. The van der Waals surface area contributed by atoms with E-state index in [2.05, 4.69) is 39.9 Å². The first-order valence-electron chi connectivity index (χ1n) is 15.1. The van der Waals surface area contributed by atoms with E-state index in [1.807, 2.05) is 0 Å². The van der Waals surface area contributed by atoms with Gasteiger partial charge in [0.1, 0.15) is 0 Å². The van der Waals surface area contributed by atoms with Crippen molar-refractivity contribution in [2.75, 3.05) is 12.3 Å². The minimum atomic E-state index is -4.29. The number of amides is 1. The largest absolute Gasteiger partial charge is 0.748 e. The van der Waals surface area contributed by atoms with Crippen LogP contribution in [0.4, 0.5) is 0 Å². The molecule has 0 heterocycles. The number of hydrogen-bond acceptors (Lipinski definition) is 4. The molecule has 5 nitrogen and oxygen atoms in total. The molecule has 0 aromatic rings. The smallest absolute Gasteiger partial charge is 0.223 e. The van der Waals surface area contributed by atoms with Crippen molar-refractivity contribution in [1.82, 2.24) is 5.32 Å². The predicted molar refractivity (Wildman–Crippen MR) is 144 cm³/mol. The lowest BCUT2D eigenvalue weighted by atomic mass is 9.44. The average molecular weight is 523 g/mol. The molecule has 4 fully saturated rings. The van der Waals surface area contributed by atoms with Crippen LogP contribution in [0.15, 0.2) is 0 Å². The van der Waals surface area contributed by atoms with E-state index in [-0.39, 0.29) is 18.4 Å². The maximum atomic E-state index is 12.7. The van der Waals surface area contributed by atoms with Gasteiger partial charge < -0.3 is 9.87 Å². The van der Waals surface area contributed by atoms with E-state index in [0.29, 0.717) is 16.7 Å². The van der Waals surface area contributed by atoms with Crippen molar-refractivity contribution < 1.29 is 17.8 Å². The maximum Gasteiger partial charge on any atom is 0.223 e. The SMILES string of the molecule is CC(C)CCCC(C)C1CCC2C3CCC4CC(C(=O)NCCS(=O)(=O)[O-])CCC4(C)C3CCC12C. The second kappa shape index (κ2) is 10.9. The quantitative estimate of drug-likeness (QED) is 0.356. The Morgan fingerprint density at radius 2 is 1.64 bits per heavy atom. The molecule has 4 aliphatic carbocycles. The zero-order valence-corrected chi connectivity index (χ0v) is 24.4. The summed E-state index contributed by atoms with van der Waals surface area (Å²) in [6, 6.07) is 0. The summed E-state index contributed by atoms with van der Waals surface area (Å²) in [5.41, 5.74) is 0.848. The van der Waals surface area contributed by atoms with E-state index < -0.39 is 15.9 Å². The Bertz CT molecular complexity index is 887. The van der Waals surface area contributed by atoms with Gasteiger partial charge in [0.25, 0.3) is 0 Å². The van der Waals surface area contributed by atoms with Gasteiger partial charge in [0, 0.05) is 12.5 Å². The lowest BCUT2D eigenvalue weighted by Crippen LogP contribution is -2.54. The molecular weight excluding hydrogens is 470 g/mol. The molecular formula is C30H52NO4S-. The molecule has 208 valence electrons. The zero-order valence-electron chi connectivity index (χ0n) is 23.6. The number of hydrogen-bond donors (Lipinski definition) is 1. The first-order valence-corrected chi connectivity index (χ1v) is 16.6. The molecule has 1 N–H and O–H groups in total. The normalized spacial score (nSPS) is 41.3. The van der Waals surface area contributed by atoms with Gasteiger partial charge in [-0.15, -0.1) is 0 Å². The van der Waals surface area contributed by atoms with Crippen LogP contribution in [0.1, 0.15) is 112 Å². The van der Waals surface area contributed by atoms with E-state index in [1.165, 1.54) is 57.8 Å². The van der Waals surface area contributed by atoms with Crippen molar-refractivity contribution in [2.24, 2.45) is 58.2 Å². The number of nitrogens with one attached hydrogen (secondary N) is 1. The molecule has 9 unspecified atom stereocenters. The molecule has 0 saturated heterocycles. The third-order valence-corrected chi connectivity index (χ3v) is 12.6. The Morgan fingerprint density at radius 1 is 0.944 bits per heavy atom. The van der Waals surface area contributed by atoms with Crippen LogP contribution in [0.25, 0.3) is 0 Å². The molecule has 1 amide bonds. The second-order valence-corrected chi connectivity index (χ2v) is 15.7. The van der Waals surface area contributed by atoms with Gasteiger partial charge in [-0.1, -0.05) is 53.9 Å². The monoisotopic (exact) mass is 522 g/mol. The Morgan fingerprint density at radius 3 is 2.33 bits per heavy atom. The van der Waals surface area contributed by atoms with Crippen LogP contribution in [0.2, 0.25) is 0 Å². The van der Waals surface area contributed by atoms with E-state index in [1.54, 1.807) is 0 Å². The number of fused-ring (bicyclic) bond motifs is 5. The van der Waals surface area contributed by atoms with Crippen molar-refractivity contribution in [1.29, 1.82) is 0 Å². The second-order valence-electron chi connectivity index (χ2n) is 14.2. The van der Waals surface area contributed by atoms with Crippen LogP contribution in [0.3, 0.4) is 0 Å². The van der Waals surface area contributed by atoms with Crippen molar-refractivity contribution in [2.45, 2.75) is 112 Å². The molecule has 0 bridgehead atoms.